The van der Waals surface area contributed by atoms with Crippen molar-refractivity contribution in [2.24, 2.45) is 5.10 Å². The fraction of sp³-hybridized carbons (Fsp3) is 0.250. The summed E-state index contributed by atoms with van der Waals surface area (Å²) >= 11 is 13.0. The summed E-state index contributed by atoms with van der Waals surface area (Å²) in [6.45, 7) is 6.33. The van der Waals surface area contributed by atoms with E-state index in [0.29, 0.717) is 39.7 Å². The van der Waals surface area contributed by atoms with Gasteiger partial charge < -0.3 is 4.74 Å². The third-order valence-electron chi connectivity index (χ3n) is 3.99. The third-order valence-corrected chi connectivity index (χ3v) is 5.29. The van der Waals surface area contributed by atoms with Gasteiger partial charge in [0.1, 0.15) is 11.6 Å². The van der Waals surface area contributed by atoms with E-state index in [2.05, 4.69) is 41.9 Å². The van der Waals surface area contributed by atoms with E-state index < -0.39 is 0 Å². The Bertz CT molecular complexity index is 1130. The van der Waals surface area contributed by atoms with Gasteiger partial charge in [-0.25, -0.2) is 4.98 Å². The molecule has 0 unspecified atom stereocenters. The van der Waals surface area contributed by atoms with E-state index in [-0.39, 0.29) is 11.5 Å². The molecule has 28 heavy (non-hydrogen) atoms. The highest BCUT2D eigenvalue weighted by Gasteiger charge is 2.14. The summed E-state index contributed by atoms with van der Waals surface area (Å²) in [5.74, 6) is 1.21. The minimum Gasteiger partial charge on any atom is -0.492 e. The van der Waals surface area contributed by atoms with Gasteiger partial charge in [0.2, 0.25) is 0 Å². The van der Waals surface area contributed by atoms with Crippen LogP contribution in [0.5, 0.6) is 5.75 Å². The van der Waals surface area contributed by atoms with Crippen LogP contribution in [-0.4, -0.2) is 22.5 Å². The molecule has 1 heterocycles. The summed E-state index contributed by atoms with van der Waals surface area (Å²) in [7, 11) is 0. The van der Waals surface area contributed by atoms with E-state index in [4.69, 9.17) is 16.3 Å². The predicted octanol–water partition coefficient (Wildman–Crippen LogP) is 5.98. The number of benzene rings is 2. The highest BCUT2D eigenvalue weighted by Crippen LogP contribution is 2.32. The Morgan fingerprint density at radius 3 is 2.71 bits per heavy atom. The smallest absolute Gasteiger partial charge is 0.282 e. The predicted molar refractivity (Wildman–Crippen MR) is 121 cm³/mol. The van der Waals surface area contributed by atoms with Gasteiger partial charge in [0, 0.05) is 21.0 Å². The van der Waals surface area contributed by atoms with Crippen molar-refractivity contribution >= 4 is 60.6 Å². The molecule has 3 rings (SSSR count). The van der Waals surface area contributed by atoms with Crippen molar-refractivity contribution in [3.8, 4) is 5.75 Å². The number of ether oxygens (including phenoxy) is 1. The molecule has 0 atom stereocenters. The van der Waals surface area contributed by atoms with E-state index in [1.807, 2.05) is 32.9 Å². The van der Waals surface area contributed by atoms with Crippen LogP contribution >= 0.6 is 43.5 Å². The molecule has 2 aromatic carbocycles. The van der Waals surface area contributed by atoms with Crippen LogP contribution in [0.1, 0.15) is 38.1 Å². The standard InChI is InChI=1S/C20H18Br2ClN3O2/c1-4-28-18-12(7-14(23)9-16(18)22)10-24-26-19(11(2)3)25-17-6-5-13(21)8-15(17)20(26)27/h5-11H,4H2,1-3H3. The van der Waals surface area contributed by atoms with E-state index in [1.54, 1.807) is 24.4 Å². The summed E-state index contributed by atoms with van der Waals surface area (Å²) in [5.41, 5.74) is 1.08. The van der Waals surface area contributed by atoms with E-state index in [0.717, 1.165) is 8.95 Å². The third kappa shape index (κ3) is 4.31. The summed E-state index contributed by atoms with van der Waals surface area (Å²) in [6, 6.07) is 8.94. The number of aromatic nitrogens is 2. The molecule has 0 aliphatic carbocycles. The van der Waals surface area contributed by atoms with Gasteiger partial charge in [0.25, 0.3) is 5.56 Å². The van der Waals surface area contributed by atoms with Crippen LogP contribution in [0.2, 0.25) is 5.02 Å². The molecule has 0 N–H and O–H groups in total. The van der Waals surface area contributed by atoms with Gasteiger partial charge in [0.05, 0.1) is 28.2 Å². The minimum atomic E-state index is -0.231. The summed E-state index contributed by atoms with van der Waals surface area (Å²) in [6.07, 6.45) is 1.57. The first-order valence-electron chi connectivity index (χ1n) is 8.70. The fourth-order valence-corrected chi connectivity index (χ4v) is 4.05. The van der Waals surface area contributed by atoms with Gasteiger partial charge >= 0.3 is 0 Å². The zero-order chi connectivity index (χ0) is 20.4. The molecular formula is C20H18Br2ClN3O2. The van der Waals surface area contributed by atoms with Crippen molar-refractivity contribution in [1.82, 2.24) is 9.66 Å². The summed E-state index contributed by atoms with van der Waals surface area (Å²) in [5, 5.41) is 5.47. The van der Waals surface area contributed by atoms with Crippen LogP contribution < -0.4 is 10.3 Å². The first-order valence-corrected chi connectivity index (χ1v) is 10.7. The maximum Gasteiger partial charge on any atom is 0.282 e. The molecule has 0 saturated heterocycles. The summed E-state index contributed by atoms with van der Waals surface area (Å²) < 4.78 is 8.57. The largest absolute Gasteiger partial charge is 0.492 e. The molecule has 3 aromatic rings. The molecule has 0 amide bonds. The van der Waals surface area contributed by atoms with Gasteiger partial charge in [-0.2, -0.15) is 9.78 Å². The zero-order valence-corrected chi connectivity index (χ0v) is 19.5. The molecule has 0 fully saturated rings. The van der Waals surface area contributed by atoms with Crippen molar-refractivity contribution in [3.63, 3.8) is 0 Å². The number of halogens is 3. The molecule has 146 valence electrons. The number of hydrogen-bond donors (Lipinski definition) is 0. The molecule has 0 spiro atoms. The second-order valence-corrected chi connectivity index (χ2v) is 8.59. The Morgan fingerprint density at radius 1 is 1.29 bits per heavy atom. The number of rotatable bonds is 5. The van der Waals surface area contributed by atoms with E-state index >= 15 is 0 Å². The average molecular weight is 528 g/mol. The average Bonchev–Trinajstić information content (AvgIpc) is 2.63. The van der Waals surface area contributed by atoms with Crippen molar-refractivity contribution < 1.29 is 4.74 Å². The molecule has 0 saturated carbocycles. The Kier molecular flexibility index (Phi) is 6.58. The van der Waals surface area contributed by atoms with Gasteiger partial charge in [-0.05, 0) is 53.2 Å². The van der Waals surface area contributed by atoms with Crippen molar-refractivity contribution in [3.05, 3.63) is 66.0 Å². The van der Waals surface area contributed by atoms with Crippen molar-refractivity contribution in [2.75, 3.05) is 6.61 Å². The van der Waals surface area contributed by atoms with Crippen LogP contribution in [0.4, 0.5) is 0 Å². The molecule has 5 nitrogen and oxygen atoms in total. The second kappa shape index (κ2) is 8.76. The lowest BCUT2D eigenvalue weighted by atomic mass is 10.2. The molecule has 0 aliphatic heterocycles. The number of nitrogens with zero attached hydrogens (tertiary/aromatic N) is 3. The van der Waals surface area contributed by atoms with E-state index in [9.17, 15) is 4.79 Å². The highest BCUT2D eigenvalue weighted by molar-refractivity contribution is 9.10. The monoisotopic (exact) mass is 525 g/mol. The Balaban J connectivity index is 2.21. The second-order valence-electron chi connectivity index (χ2n) is 6.39. The quantitative estimate of drug-likeness (QED) is 0.384. The first kappa shape index (κ1) is 21.0. The Morgan fingerprint density at radius 2 is 2.04 bits per heavy atom. The first-order chi connectivity index (χ1) is 13.3. The van der Waals surface area contributed by atoms with Gasteiger partial charge in [-0.1, -0.05) is 41.4 Å². The molecule has 8 heteroatoms. The van der Waals surface area contributed by atoms with Crippen LogP contribution in [-0.2, 0) is 0 Å². The lowest BCUT2D eigenvalue weighted by Crippen LogP contribution is -2.23. The van der Waals surface area contributed by atoms with Gasteiger partial charge in [-0.15, -0.1) is 0 Å². The normalized spacial score (nSPS) is 11.7. The van der Waals surface area contributed by atoms with Crippen LogP contribution in [0, 0.1) is 0 Å². The van der Waals surface area contributed by atoms with E-state index in [1.165, 1.54) is 4.68 Å². The SMILES string of the molecule is CCOc1c(Br)cc(Cl)cc1C=Nn1c(C(C)C)nc2ccc(Br)cc2c1=O. The molecular weight excluding hydrogens is 510 g/mol. The summed E-state index contributed by atoms with van der Waals surface area (Å²) in [4.78, 5) is 17.7. The Labute approximate surface area is 184 Å². The highest BCUT2D eigenvalue weighted by atomic mass is 79.9. The van der Waals surface area contributed by atoms with Gasteiger partial charge in [0.15, 0.2) is 0 Å². The van der Waals surface area contributed by atoms with Crippen molar-refractivity contribution in [1.29, 1.82) is 0 Å². The number of fused-ring (bicyclic) bond motifs is 1. The van der Waals surface area contributed by atoms with Crippen LogP contribution in [0.3, 0.4) is 0 Å². The Hall–Kier alpha value is -1.70. The lowest BCUT2D eigenvalue weighted by Gasteiger charge is -2.13. The topological polar surface area (TPSA) is 56.5 Å². The minimum absolute atomic E-state index is 0.00959. The van der Waals surface area contributed by atoms with Crippen LogP contribution in [0.25, 0.3) is 10.9 Å². The van der Waals surface area contributed by atoms with Gasteiger partial charge in [-0.3, -0.25) is 4.79 Å². The lowest BCUT2D eigenvalue weighted by molar-refractivity contribution is 0.337. The molecule has 1 aromatic heterocycles. The molecule has 0 aliphatic rings. The fourth-order valence-electron chi connectivity index (χ4n) is 2.74. The maximum absolute atomic E-state index is 13.1. The zero-order valence-electron chi connectivity index (χ0n) is 15.5. The molecule has 0 bridgehead atoms. The molecule has 0 radical (unpaired) electrons. The maximum atomic E-state index is 13.1. The number of hydrogen-bond acceptors (Lipinski definition) is 4. The van der Waals surface area contributed by atoms with Crippen LogP contribution in [0.15, 0.2) is 49.2 Å². The van der Waals surface area contributed by atoms with Crippen molar-refractivity contribution in [2.45, 2.75) is 26.7 Å².